The Morgan fingerprint density at radius 2 is 1.58 bits per heavy atom. The van der Waals surface area contributed by atoms with Gasteiger partial charge in [-0.15, -0.1) is 0 Å². The van der Waals surface area contributed by atoms with Gasteiger partial charge in [0.05, 0.1) is 27.0 Å². The van der Waals surface area contributed by atoms with Gasteiger partial charge in [0.15, 0.2) is 0 Å². The van der Waals surface area contributed by atoms with Crippen LogP contribution in [0.1, 0.15) is 34.3 Å². The summed E-state index contributed by atoms with van der Waals surface area (Å²) in [5.41, 5.74) is 3.39. The number of halogens is 3. The summed E-state index contributed by atoms with van der Waals surface area (Å²) in [7, 11) is 0. The van der Waals surface area contributed by atoms with Gasteiger partial charge in [0.25, 0.3) is 5.91 Å². The summed E-state index contributed by atoms with van der Waals surface area (Å²) in [6, 6.07) is 25.3. The van der Waals surface area contributed by atoms with E-state index >= 15 is 0 Å². The molecule has 0 bridgehead atoms. The van der Waals surface area contributed by atoms with Crippen molar-refractivity contribution in [3.05, 3.63) is 117 Å². The predicted molar refractivity (Wildman–Crippen MR) is 145 cm³/mol. The summed E-state index contributed by atoms with van der Waals surface area (Å²) in [4.78, 5) is 26.5. The lowest BCUT2D eigenvalue weighted by molar-refractivity contribution is -0.146. The second kappa shape index (κ2) is 9.98. The summed E-state index contributed by atoms with van der Waals surface area (Å²) in [5, 5.41) is 2.89. The Labute approximate surface area is 222 Å². The van der Waals surface area contributed by atoms with E-state index in [1.165, 1.54) is 0 Å². The second-order valence-corrected chi connectivity index (χ2v) is 9.77. The Morgan fingerprint density at radius 3 is 2.33 bits per heavy atom. The van der Waals surface area contributed by atoms with Crippen LogP contribution in [0.5, 0.6) is 0 Å². The molecule has 180 valence electrons. The number of aromatic nitrogens is 1. The second-order valence-electron chi connectivity index (χ2n) is 8.52. The van der Waals surface area contributed by atoms with Gasteiger partial charge in [-0.1, -0.05) is 77.3 Å². The molecule has 0 N–H and O–H groups in total. The molecule has 0 radical (unpaired) electrons. The van der Waals surface area contributed by atoms with Crippen LogP contribution in [0.3, 0.4) is 0 Å². The number of nitrogens with zero attached hydrogens (tertiary/aromatic N) is 1. The minimum absolute atomic E-state index is 0.195. The summed E-state index contributed by atoms with van der Waals surface area (Å²) in [6.07, 6.45) is 0. The van der Waals surface area contributed by atoms with E-state index in [9.17, 15) is 9.59 Å². The highest BCUT2D eigenvalue weighted by Gasteiger charge is 2.22. The van der Waals surface area contributed by atoms with Crippen molar-refractivity contribution in [2.24, 2.45) is 0 Å². The number of rotatable bonds is 5. The molecular formula is C29H20Cl3NO3. The van der Waals surface area contributed by atoms with Crippen molar-refractivity contribution in [2.45, 2.75) is 19.4 Å². The van der Waals surface area contributed by atoms with Gasteiger partial charge in [0.1, 0.15) is 6.61 Å². The minimum atomic E-state index is -0.534. The molecule has 5 rings (SSSR count). The van der Waals surface area contributed by atoms with Gasteiger partial charge in [-0.05, 0) is 60.5 Å². The molecule has 0 saturated heterocycles. The van der Waals surface area contributed by atoms with E-state index in [1.54, 1.807) is 35.8 Å². The maximum atomic E-state index is 13.7. The number of hydrogen-bond donors (Lipinski definition) is 0. The molecule has 0 spiro atoms. The van der Waals surface area contributed by atoms with Crippen molar-refractivity contribution in [1.29, 1.82) is 0 Å². The largest absolute Gasteiger partial charge is 0.460 e. The number of hydrogen-bond acceptors (Lipinski definition) is 3. The fourth-order valence-electron chi connectivity index (χ4n) is 4.25. The molecule has 0 amide bonds. The topological polar surface area (TPSA) is 48.3 Å². The third-order valence-corrected chi connectivity index (χ3v) is 7.17. The molecule has 1 heterocycles. The first-order chi connectivity index (χ1) is 17.3. The molecule has 7 heteroatoms. The first-order valence-corrected chi connectivity index (χ1v) is 12.4. The van der Waals surface area contributed by atoms with Crippen LogP contribution in [0, 0.1) is 0 Å². The highest BCUT2D eigenvalue weighted by molar-refractivity contribution is 6.42. The molecule has 1 unspecified atom stereocenters. The molecule has 36 heavy (non-hydrogen) atoms. The van der Waals surface area contributed by atoms with Crippen LogP contribution in [0.4, 0.5) is 0 Å². The van der Waals surface area contributed by atoms with Crippen molar-refractivity contribution in [3.8, 4) is 0 Å². The van der Waals surface area contributed by atoms with Crippen molar-refractivity contribution >= 4 is 68.5 Å². The number of benzene rings is 4. The first kappa shape index (κ1) is 24.4. The van der Waals surface area contributed by atoms with Crippen molar-refractivity contribution < 1.29 is 14.3 Å². The van der Waals surface area contributed by atoms with Crippen LogP contribution in [-0.4, -0.2) is 16.4 Å². The zero-order chi connectivity index (χ0) is 25.4. The zero-order valence-corrected chi connectivity index (χ0v) is 21.4. The molecule has 4 nitrogen and oxygen atoms in total. The van der Waals surface area contributed by atoms with Crippen molar-refractivity contribution in [1.82, 2.24) is 4.57 Å². The lowest BCUT2D eigenvalue weighted by atomic mass is 9.99. The van der Waals surface area contributed by atoms with Crippen LogP contribution < -0.4 is 0 Å². The minimum Gasteiger partial charge on any atom is -0.460 e. The number of esters is 1. The molecule has 0 aliphatic heterocycles. The Morgan fingerprint density at radius 1 is 0.806 bits per heavy atom. The zero-order valence-electron chi connectivity index (χ0n) is 19.2. The average molecular weight is 537 g/mol. The highest BCUT2D eigenvalue weighted by atomic mass is 35.5. The van der Waals surface area contributed by atoms with E-state index in [0.29, 0.717) is 31.7 Å². The quantitative estimate of drug-likeness (QED) is 0.212. The summed E-state index contributed by atoms with van der Waals surface area (Å²) in [6.45, 7) is 1.99. The standard InChI is InChI=1S/C29H20Cl3NO3/c1-17(29(35)36-16-18-5-3-2-4-6-18)19-7-10-22-23-15-21(30)9-12-26(23)33(27(22)14-19)28(34)20-8-11-24(31)25(32)13-20/h2-15,17H,16H2,1H3. The van der Waals surface area contributed by atoms with E-state index < -0.39 is 5.92 Å². The van der Waals surface area contributed by atoms with Crippen LogP contribution in [0.15, 0.2) is 84.9 Å². The molecule has 4 aromatic carbocycles. The molecule has 5 aromatic rings. The average Bonchev–Trinajstić information content (AvgIpc) is 3.21. The summed E-state index contributed by atoms with van der Waals surface area (Å²) < 4.78 is 7.16. The van der Waals surface area contributed by atoms with Crippen LogP contribution in [-0.2, 0) is 16.1 Å². The fourth-order valence-corrected chi connectivity index (χ4v) is 4.72. The molecule has 0 aliphatic carbocycles. The summed E-state index contributed by atoms with van der Waals surface area (Å²) in [5.74, 6) is -1.15. The predicted octanol–water partition coefficient (Wildman–Crippen LogP) is 8.29. The van der Waals surface area contributed by atoms with E-state index in [-0.39, 0.29) is 18.5 Å². The van der Waals surface area contributed by atoms with Crippen LogP contribution in [0.25, 0.3) is 21.8 Å². The van der Waals surface area contributed by atoms with Gasteiger partial charge < -0.3 is 4.74 Å². The first-order valence-electron chi connectivity index (χ1n) is 11.3. The van der Waals surface area contributed by atoms with Crippen molar-refractivity contribution in [2.75, 3.05) is 0 Å². The normalized spacial score (nSPS) is 12.1. The van der Waals surface area contributed by atoms with Crippen molar-refractivity contribution in [3.63, 3.8) is 0 Å². The molecule has 1 aromatic heterocycles. The van der Waals surface area contributed by atoms with Gasteiger partial charge in [0, 0.05) is 21.4 Å². The third-order valence-electron chi connectivity index (χ3n) is 6.20. The smallest absolute Gasteiger partial charge is 0.313 e. The number of ether oxygens (including phenoxy) is 1. The van der Waals surface area contributed by atoms with Gasteiger partial charge >= 0.3 is 5.97 Å². The van der Waals surface area contributed by atoms with Gasteiger partial charge in [0.2, 0.25) is 0 Å². The van der Waals surface area contributed by atoms with E-state index in [0.717, 1.165) is 21.9 Å². The maximum Gasteiger partial charge on any atom is 0.313 e. The highest BCUT2D eigenvalue weighted by Crippen LogP contribution is 2.34. The molecule has 0 saturated carbocycles. The van der Waals surface area contributed by atoms with Gasteiger partial charge in [-0.2, -0.15) is 0 Å². The molecular weight excluding hydrogens is 517 g/mol. The molecule has 1 atom stereocenters. The Hall–Kier alpha value is -3.31. The Kier molecular flexibility index (Phi) is 6.76. The number of carbonyl (C=O) groups excluding carboxylic acids is 2. The Bertz CT molecular complexity index is 1630. The van der Waals surface area contributed by atoms with Crippen LogP contribution >= 0.6 is 34.8 Å². The maximum absolute atomic E-state index is 13.7. The number of fused-ring (bicyclic) bond motifs is 3. The molecule has 0 aliphatic rings. The molecule has 0 fully saturated rings. The van der Waals surface area contributed by atoms with Gasteiger partial charge in [-0.3, -0.25) is 14.2 Å². The van der Waals surface area contributed by atoms with Crippen LogP contribution in [0.2, 0.25) is 15.1 Å². The number of carbonyl (C=O) groups is 2. The Balaban J connectivity index is 1.57. The van der Waals surface area contributed by atoms with E-state index in [4.69, 9.17) is 39.5 Å². The lowest BCUT2D eigenvalue weighted by Gasteiger charge is -2.13. The lowest BCUT2D eigenvalue weighted by Crippen LogP contribution is -2.14. The summed E-state index contributed by atoms with van der Waals surface area (Å²) >= 11 is 18.5. The monoisotopic (exact) mass is 535 g/mol. The van der Waals surface area contributed by atoms with Gasteiger partial charge in [-0.25, -0.2) is 0 Å². The van der Waals surface area contributed by atoms with E-state index in [2.05, 4.69) is 0 Å². The third kappa shape index (κ3) is 4.60. The fraction of sp³-hybridized carbons (Fsp3) is 0.103. The SMILES string of the molecule is CC(C(=O)OCc1ccccc1)c1ccc2c3cc(Cl)ccc3n(C(=O)c3ccc(Cl)c(Cl)c3)c2c1. The van der Waals surface area contributed by atoms with E-state index in [1.807, 2.05) is 60.7 Å².